The van der Waals surface area contributed by atoms with Gasteiger partial charge in [0, 0.05) is 13.5 Å². The van der Waals surface area contributed by atoms with Crippen LogP contribution in [0.1, 0.15) is 33.6 Å². The Labute approximate surface area is 123 Å². The van der Waals surface area contributed by atoms with Crippen LogP contribution < -0.4 is 0 Å². The Bertz CT molecular complexity index is 322. The quantitative estimate of drug-likeness (QED) is 0.392. The molecule has 0 heterocycles. The third-order valence-corrected chi connectivity index (χ3v) is 8.37. The fraction of sp³-hybridized carbons (Fsp3) is 0.857. The van der Waals surface area contributed by atoms with E-state index in [2.05, 4.69) is 33.9 Å². The molecule has 0 bridgehead atoms. The van der Waals surface area contributed by atoms with Gasteiger partial charge in [0.1, 0.15) is 12.4 Å². The van der Waals surface area contributed by atoms with Gasteiger partial charge < -0.3 is 18.7 Å². The third-order valence-electron chi connectivity index (χ3n) is 3.84. The molecule has 0 unspecified atom stereocenters. The summed E-state index contributed by atoms with van der Waals surface area (Å²) in [6.45, 7) is 10.6. The normalized spacial score (nSPS) is 15.6. The second kappa shape index (κ2) is 7.90. The molecule has 0 spiro atoms. The van der Waals surface area contributed by atoms with Crippen molar-refractivity contribution in [1.82, 2.24) is 0 Å². The number of rotatable bonds is 8. The smallest absolute Gasteiger partial charge is 0.308 e. The Kier molecular flexibility index (Phi) is 7.62. The van der Waals surface area contributed by atoms with Crippen molar-refractivity contribution in [2.75, 3.05) is 14.2 Å². The topological polar surface area (TPSA) is 61.8 Å². The van der Waals surface area contributed by atoms with Gasteiger partial charge in [-0.1, -0.05) is 20.8 Å². The molecule has 20 heavy (non-hydrogen) atoms. The van der Waals surface area contributed by atoms with Crippen LogP contribution in [0, 0.1) is 0 Å². The van der Waals surface area contributed by atoms with Crippen LogP contribution in [0.5, 0.6) is 0 Å². The molecule has 0 rings (SSSR count). The van der Waals surface area contributed by atoms with Crippen LogP contribution in [-0.4, -0.2) is 47.0 Å². The van der Waals surface area contributed by atoms with Crippen LogP contribution in [0.3, 0.4) is 0 Å². The van der Waals surface area contributed by atoms with Crippen molar-refractivity contribution in [2.24, 2.45) is 0 Å². The Morgan fingerprint density at radius 1 is 1.25 bits per heavy atom. The number of hydrogen-bond acceptors (Lipinski definition) is 5. The van der Waals surface area contributed by atoms with Crippen molar-refractivity contribution in [1.29, 1.82) is 0 Å². The Hall–Kier alpha value is -0.723. The lowest BCUT2D eigenvalue weighted by Gasteiger charge is -2.39. The number of esters is 1. The second-order valence-corrected chi connectivity index (χ2v) is 11.2. The maximum absolute atomic E-state index is 11.5. The largest absolute Gasteiger partial charge is 0.469 e. The van der Waals surface area contributed by atoms with E-state index in [-0.39, 0.29) is 23.5 Å². The highest BCUT2D eigenvalue weighted by molar-refractivity contribution is 6.74. The highest BCUT2D eigenvalue weighted by Gasteiger charge is 2.40. The van der Waals surface area contributed by atoms with Gasteiger partial charge in [-0.05, 0) is 18.1 Å². The van der Waals surface area contributed by atoms with Gasteiger partial charge in [-0.25, -0.2) is 0 Å². The van der Waals surface area contributed by atoms with E-state index >= 15 is 0 Å². The van der Waals surface area contributed by atoms with Crippen LogP contribution in [0.2, 0.25) is 18.1 Å². The number of hydrogen-bond donors (Lipinski definition) is 0. The number of aldehydes is 1. The van der Waals surface area contributed by atoms with E-state index in [4.69, 9.17) is 13.9 Å². The predicted octanol–water partition coefficient (Wildman–Crippen LogP) is 2.54. The van der Waals surface area contributed by atoms with Crippen LogP contribution in [0.15, 0.2) is 0 Å². The summed E-state index contributed by atoms with van der Waals surface area (Å²) in [5, 5.41) is 0.0329. The van der Waals surface area contributed by atoms with Gasteiger partial charge >= 0.3 is 5.97 Å². The van der Waals surface area contributed by atoms with Gasteiger partial charge in [0.15, 0.2) is 8.32 Å². The van der Waals surface area contributed by atoms with Gasteiger partial charge in [0.05, 0.1) is 19.6 Å². The lowest BCUT2D eigenvalue weighted by atomic mass is 10.1. The van der Waals surface area contributed by atoms with Gasteiger partial charge in [0.25, 0.3) is 0 Å². The second-order valence-electron chi connectivity index (χ2n) is 6.43. The number of methoxy groups -OCH3 is 2. The Balaban J connectivity index is 4.93. The first-order chi connectivity index (χ1) is 9.07. The van der Waals surface area contributed by atoms with E-state index in [1.165, 1.54) is 14.2 Å². The van der Waals surface area contributed by atoms with Gasteiger partial charge in [-0.3, -0.25) is 4.79 Å². The molecule has 5 nitrogen and oxygen atoms in total. The summed E-state index contributed by atoms with van der Waals surface area (Å²) < 4.78 is 16.0. The average molecular weight is 304 g/mol. The molecule has 0 aromatic heterocycles. The van der Waals surface area contributed by atoms with Crippen LogP contribution >= 0.6 is 0 Å². The van der Waals surface area contributed by atoms with E-state index in [0.29, 0.717) is 6.42 Å². The molecule has 0 aliphatic rings. The van der Waals surface area contributed by atoms with Crippen LogP contribution in [0.4, 0.5) is 0 Å². The van der Waals surface area contributed by atoms with E-state index in [1.54, 1.807) is 0 Å². The molecule has 0 saturated carbocycles. The minimum atomic E-state index is -2.02. The first-order valence-electron chi connectivity index (χ1n) is 6.80. The van der Waals surface area contributed by atoms with E-state index < -0.39 is 14.4 Å². The number of carbonyl (C=O) groups excluding carboxylic acids is 2. The van der Waals surface area contributed by atoms with Gasteiger partial charge in [0.2, 0.25) is 0 Å². The minimum absolute atomic E-state index is 0.0329. The zero-order valence-electron chi connectivity index (χ0n) is 13.7. The SMILES string of the molecule is COC(=O)C[C@H](C[C@H](C=O)OC)O[Si](C)(C)C(C)(C)C. The Morgan fingerprint density at radius 3 is 2.15 bits per heavy atom. The lowest BCUT2D eigenvalue weighted by molar-refractivity contribution is -0.143. The molecular weight excluding hydrogens is 276 g/mol. The molecule has 118 valence electrons. The highest BCUT2D eigenvalue weighted by atomic mass is 28.4. The van der Waals surface area contributed by atoms with Gasteiger partial charge in [-0.15, -0.1) is 0 Å². The van der Waals surface area contributed by atoms with E-state index in [1.807, 2.05) is 0 Å². The summed E-state index contributed by atoms with van der Waals surface area (Å²) in [7, 11) is 0.800. The molecule has 0 aliphatic heterocycles. The summed E-state index contributed by atoms with van der Waals surface area (Å²) in [5.74, 6) is -0.338. The van der Waals surface area contributed by atoms with Crippen molar-refractivity contribution >= 4 is 20.6 Å². The molecule has 0 N–H and O–H groups in total. The molecule has 2 atom stereocenters. The van der Waals surface area contributed by atoms with E-state index in [0.717, 1.165) is 6.29 Å². The molecule has 0 saturated heterocycles. The molecule has 0 aromatic carbocycles. The standard InChI is InChI=1S/C14H28O5Si/c1-14(2,3)20(6,7)19-11(9-13(16)18-5)8-12(10-15)17-4/h10-12H,8-9H2,1-7H3/t11-,12+/m0/s1. The summed E-state index contributed by atoms with van der Waals surface area (Å²) in [6.07, 6.45) is 0.311. The van der Waals surface area contributed by atoms with Gasteiger partial charge in [-0.2, -0.15) is 0 Å². The monoisotopic (exact) mass is 304 g/mol. The number of carbonyl (C=O) groups is 2. The summed E-state index contributed by atoms with van der Waals surface area (Å²) in [5.41, 5.74) is 0. The van der Waals surface area contributed by atoms with Crippen molar-refractivity contribution < 1.29 is 23.5 Å². The van der Waals surface area contributed by atoms with E-state index in [9.17, 15) is 9.59 Å². The zero-order valence-corrected chi connectivity index (χ0v) is 14.7. The summed E-state index contributed by atoms with van der Waals surface area (Å²) in [4.78, 5) is 22.4. The lowest BCUT2D eigenvalue weighted by Crippen LogP contribution is -2.45. The summed E-state index contributed by atoms with van der Waals surface area (Å²) >= 11 is 0. The van der Waals surface area contributed by atoms with Crippen molar-refractivity contribution in [3.8, 4) is 0 Å². The summed E-state index contributed by atoms with van der Waals surface area (Å²) in [6, 6.07) is 0. The maximum Gasteiger partial charge on any atom is 0.308 e. The van der Waals surface area contributed by atoms with Crippen molar-refractivity contribution in [2.45, 2.75) is 64.0 Å². The molecule has 0 aliphatic carbocycles. The molecule has 6 heteroatoms. The molecule has 0 radical (unpaired) electrons. The molecule has 0 aromatic rings. The zero-order chi connectivity index (χ0) is 16.0. The maximum atomic E-state index is 11.5. The number of ether oxygens (including phenoxy) is 2. The highest BCUT2D eigenvalue weighted by Crippen LogP contribution is 2.38. The minimum Gasteiger partial charge on any atom is -0.469 e. The third kappa shape index (κ3) is 6.15. The first-order valence-corrected chi connectivity index (χ1v) is 9.71. The van der Waals surface area contributed by atoms with Crippen molar-refractivity contribution in [3.63, 3.8) is 0 Å². The fourth-order valence-corrected chi connectivity index (χ4v) is 2.87. The molecule has 0 fully saturated rings. The molecular formula is C14H28O5Si. The van der Waals surface area contributed by atoms with Crippen molar-refractivity contribution in [3.05, 3.63) is 0 Å². The van der Waals surface area contributed by atoms with Crippen LogP contribution in [0.25, 0.3) is 0 Å². The molecule has 0 amide bonds. The fourth-order valence-electron chi connectivity index (χ4n) is 1.50. The first kappa shape index (κ1) is 19.3. The van der Waals surface area contributed by atoms with Crippen LogP contribution in [-0.2, 0) is 23.5 Å². The average Bonchev–Trinajstić information content (AvgIpc) is 2.33. The predicted molar refractivity (Wildman–Crippen MR) is 80.2 cm³/mol. The Morgan fingerprint density at radius 2 is 1.80 bits per heavy atom.